The molecule has 0 saturated heterocycles. The van der Waals surface area contributed by atoms with Gasteiger partial charge in [0, 0.05) is 0 Å². The average Bonchev–Trinajstić information content (AvgIpc) is 2.90. The Balaban J connectivity index is 1.49. The molecule has 0 atom stereocenters. The van der Waals surface area contributed by atoms with Gasteiger partial charge in [0.05, 0.1) is 12.7 Å². The minimum Gasteiger partial charge on any atom is -0.465 e. The van der Waals surface area contributed by atoms with Crippen LogP contribution in [0.5, 0.6) is 0 Å². The minimum absolute atomic E-state index is 0.350. The van der Waals surface area contributed by atoms with Crippen LogP contribution in [0.1, 0.15) is 32.6 Å². The summed E-state index contributed by atoms with van der Waals surface area (Å²) >= 11 is 0. The number of methoxy groups -OCH3 is 1. The Bertz CT molecular complexity index is 1450. The van der Waals surface area contributed by atoms with Crippen LogP contribution < -0.4 is 0 Å². The summed E-state index contributed by atoms with van der Waals surface area (Å²) in [5, 5.41) is 4.78. The van der Waals surface area contributed by atoms with Gasteiger partial charge in [-0.2, -0.15) is 0 Å². The monoisotopic (exact) mass is 440 g/mol. The number of hydrogen-bond donors (Lipinski definition) is 0. The molecule has 0 aliphatic rings. The van der Waals surface area contributed by atoms with Crippen LogP contribution in [0.3, 0.4) is 0 Å². The lowest BCUT2D eigenvalue weighted by atomic mass is 9.98. The van der Waals surface area contributed by atoms with Crippen LogP contribution >= 0.6 is 0 Å². The number of ether oxygens (including phenoxy) is 1. The molecule has 0 amide bonds. The van der Waals surface area contributed by atoms with Crippen molar-refractivity contribution in [3.8, 4) is 0 Å². The second-order valence-corrected chi connectivity index (χ2v) is 8.18. The van der Waals surface area contributed by atoms with Crippen molar-refractivity contribution in [1.29, 1.82) is 0 Å². The van der Waals surface area contributed by atoms with Gasteiger partial charge in [-0.1, -0.05) is 115 Å². The molecule has 34 heavy (non-hydrogen) atoms. The van der Waals surface area contributed by atoms with Gasteiger partial charge in [0.25, 0.3) is 0 Å². The SMILES string of the molecule is COC(=O)c1c(/C=C/c2ccc3ccccc3c2)cccc1/C=C/c1ccc2ccccc2c1. The highest BCUT2D eigenvalue weighted by molar-refractivity contribution is 6.00. The maximum absolute atomic E-state index is 12.7. The highest BCUT2D eigenvalue weighted by Crippen LogP contribution is 2.24. The van der Waals surface area contributed by atoms with Crippen molar-refractivity contribution < 1.29 is 9.53 Å². The van der Waals surface area contributed by atoms with Gasteiger partial charge < -0.3 is 4.74 Å². The smallest absolute Gasteiger partial charge is 0.339 e. The van der Waals surface area contributed by atoms with Crippen LogP contribution in [0.15, 0.2) is 103 Å². The van der Waals surface area contributed by atoms with Gasteiger partial charge in [-0.05, 0) is 55.9 Å². The first-order valence-corrected chi connectivity index (χ1v) is 11.3. The van der Waals surface area contributed by atoms with E-state index in [1.165, 1.54) is 28.7 Å². The highest BCUT2D eigenvalue weighted by atomic mass is 16.5. The van der Waals surface area contributed by atoms with Gasteiger partial charge in [-0.25, -0.2) is 4.79 Å². The fourth-order valence-corrected chi connectivity index (χ4v) is 4.20. The maximum atomic E-state index is 12.7. The highest BCUT2D eigenvalue weighted by Gasteiger charge is 2.14. The lowest BCUT2D eigenvalue weighted by molar-refractivity contribution is 0.0600. The molecule has 0 radical (unpaired) electrons. The van der Waals surface area contributed by atoms with Gasteiger partial charge in [0.1, 0.15) is 0 Å². The molecule has 0 saturated carbocycles. The molecule has 0 bridgehead atoms. The molecule has 0 aromatic heterocycles. The van der Waals surface area contributed by atoms with E-state index in [1.54, 1.807) is 0 Å². The number of rotatable bonds is 5. The fraction of sp³-hybridized carbons (Fsp3) is 0.0312. The van der Waals surface area contributed by atoms with Crippen LogP contribution in [0.2, 0.25) is 0 Å². The summed E-state index contributed by atoms with van der Waals surface area (Å²) in [5.74, 6) is -0.350. The van der Waals surface area contributed by atoms with E-state index in [2.05, 4.69) is 60.7 Å². The molecule has 0 aliphatic heterocycles. The second kappa shape index (κ2) is 9.60. The Kier molecular flexibility index (Phi) is 6.05. The van der Waals surface area contributed by atoms with E-state index >= 15 is 0 Å². The summed E-state index contributed by atoms with van der Waals surface area (Å²) in [6.07, 6.45) is 8.02. The standard InChI is InChI=1S/C32H24O2/c1-34-32(33)31-27(19-15-23-13-17-25-7-2-4-9-29(25)21-23)11-6-12-28(31)20-16-24-14-18-26-8-3-5-10-30(26)22-24/h2-22H,1H3/b19-15+,20-16+. The van der Waals surface area contributed by atoms with Crippen molar-refractivity contribution in [2.75, 3.05) is 7.11 Å². The molecule has 2 nitrogen and oxygen atoms in total. The largest absolute Gasteiger partial charge is 0.465 e. The summed E-state index contributed by atoms with van der Waals surface area (Å²) in [6, 6.07) is 35.1. The van der Waals surface area contributed by atoms with Gasteiger partial charge in [-0.15, -0.1) is 0 Å². The van der Waals surface area contributed by atoms with Crippen molar-refractivity contribution in [3.05, 3.63) is 131 Å². The van der Waals surface area contributed by atoms with Gasteiger partial charge in [0.15, 0.2) is 0 Å². The number of carbonyl (C=O) groups excluding carboxylic acids is 1. The third kappa shape index (κ3) is 4.53. The predicted molar refractivity (Wildman–Crippen MR) is 144 cm³/mol. The van der Waals surface area contributed by atoms with Crippen molar-refractivity contribution in [2.45, 2.75) is 0 Å². The first kappa shape index (κ1) is 21.4. The van der Waals surface area contributed by atoms with E-state index in [9.17, 15) is 4.79 Å². The topological polar surface area (TPSA) is 26.3 Å². The molecule has 5 rings (SSSR count). The molecule has 164 valence electrons. The number of hydrogen-bond acceptors (Lipinski definition) is 2. The van der Waals surface area contributed by atoms with Crippen LogP contribution in [-0.4, -0.2) is 13.1 Å². The first-order chi connectivity index (χ1) is 16.7. The lowest BCUT2D eigenvalue weighted by Crippen LogP contribution is -2.06. The zero-order chi connectivity index (χ0) is 23.3. The van der Waals surface area contributed by atoms with E-state index in [4.69, 9.17) is 4.74 Å². The molecule has 5 aromatic rings. The van der Waals surface area contributed by atoms with Crippen LogP contribution in [0.25, 0.3) is 45.8 Å². The Morgan fingerprint density at radius 3 is 1.50 bits per heavy atom. The summed E-state index contributed by atoms with van der Waals surface area (Å²) in [7, 11) is 1.42. The number of esters is 1. The summed E-state index contributed by atoms with van der Waals surface area (Å²) in [5.41, 5.74) is 4.35. The molecule has 0 spiro atoms. The van der Waals surface area contributed by atoms with E-state index in [0.29, 0.717) is 5.56 Å². The van der Waals surface area contributed by atoms with Gasteiger partial charge >= 0.3 is 5.97 Å². The number of benzene rings is 5. The maximum Gasteiger partial charge on any atom is 0.339 e. The molecule has 2 heteroatoms. The molecule has 5 aromatic carbocycles. The third-order valence-electron chi connectivity index (χ3n) is 5.98. The Hall–Kier alpha value is -4.43. The molecular formula is C32H24O2. The molecular weight excluding hydrogens is 416 g/mol. The Labute approximate surface area is 199 Å². The molecule has 0 N–H and O–H groups in total. The zero-order valence-electron chi connectivity index (χ0n) is 18.9. The van der Waals surface area contributed by atoms with Crippen molar-refractivity contribution >= 4 is 51.8 Å². The van der Waals surface area contributed by atoms with E-state index < -0.39 is 0 Å². The van der Waals surface area contributed by atoms with E-state index in [0.717, 1.165) is 22.3 Å². The summed E-state index contributed by atoms with van der Waals surface area (Å²) in [6.45, 7) is 0. The molecule has 0 unspecified atom stereocenters. The van der Waals surface area contributed by atoms with Crippen LogP contribution in [-0.2, 0) is 4.74 Å². The third-order valence-corrected chi connectivity index (χ3v) is 5.98. The average molecular weight is 441 g/mol. The van der Waals surface area contributed by atoms with Crippen molar-refractivity contribution in [3.63, 3.8) is 0 Å². The van der Waals surface area contributed by atoms with Crippen molar-refractivity contribution in [2.24, 2.45) is 0 Å². The minimum atomic E-state index is -0.350. The zero-order valence-corrected chi connectivity index (χ0v) is 18.9. The normalized spacial score (nSPS) is 11.6. The molecule has 0 aliphatic carbocycles. The second-order valence-electron chi connectivity index (χ2n) is 8.18. The first-order valence-electron chi connectivity index (χ1n) is 11.3. The van der Waals surface area contributed by atoms with Gasteiger partial charge in [-0.3, -0.25) is 0 Å². The van der Waals surface area contributed by atoms with Crippen LogP contribution in [0, 0.1) is 0 Å². The molecule has 0 fully saturated rings. The summed E-state index contributed by atoms with van der Waals surface area (Å²) < 4.78 is 5.13. The quantitative estimate of drug-likeness (QED) is 0.204. The number of carbonyl (C=O) groups is 1. The fourth-order valence-electron chi connectivity index (χ4n) is 4.20. The molecule has 0 heterocycles. The van der Waals surface area contributed by atoms with Crippen LogP contribution in [0.4, 0.5) is 0 Å². The number of fused-ring (bicyclic) bond motifs is 2. The lowest BCUT2D eigenvalue weighted by Gasteiger charge is -2.09. The predicted octanol–water partition coefficient (Wildman–Crippen LogP) is 8.12. The Morgan fingerprint density at radius 2 is 1.03 bits per heavy atom. The Morgan fingerprint density at radius 1 is 0.559 bits per heavy atom. The van der Waals surface area contributed by atoms with E-state index in [1.807, 2.05) is 66.8 Å². The van der Waals surface area contributed by atoms with E-state index in [-0.39, 0.29) is 5.97 Å². The summed E-state index contributed by atoms with van der Waals surface area (Å²) in [4.78, 5) is 12.7. The van der Waals surface area contributed by atoms with Gasteiger partial charge in [0.2, 0.25) is 0 Å². The van der Waals surface area contributed by atoms with Crippen molar-refractivity contribution in [1.82, 2.24) is 0 Å².